The fourth-order valence-corrected chi connectivity index (χ4v) is 2.77. The van der Waals surface area contributed by atoms with Gasteiger partial charge in [-0.05, 0) is 43.4 Å². The lowest BCUT2D eigenvalue weighted by atomic mass is 10.0. The maximum Gasteiger partial charge on any atom is 0.224 e. The average molecular weight is 274 g/mol. The zero-order valence-corrected chi connectivity index (χ0v) is 12.2. The first-order chi connectivity index (χ1) is 9.56. The molecule has 2 N–H and O–H groups in total. The summed E-state index contributed by atoms with van der Waals surface area (Å²) in [6.07, 6.45) is 5.42. The molecule has 0 bridgehead atoms. The zero-order valence-electron chi connectivity index (χ0n) is 12.2. The van der Waals surface area contributed by atoms with E-state index in [1.807, 2.05) is 25.1 Å². The quantitative estimate of drug-likeness (QED) is 0.883. The highest BCUT2D eigenvalue weighted by atomic mass is 16.2. The van der Waals surface area contributed by atoms with Gasteiger partial charge in [0.05, 0.1) is 0 Å². The summed E-state index contributed by atoms with van der Waals surface area (Å²) in [7, 11) is 0. The van der Waals surface area contributed by atoms with E-state index in [9.17, 15) is 9.59 Å². The first-order valence-corrected chi connectivity index (χ1v) is 7.23. The molecule has 0 spiro atoms. The topological polar surface area (TPSA) is 58.2 Å². The molecule has 0 aromatic heterocycles. The molecule has 1 aromatic rings. The van der Waals surface area contributed by atoms with Crippen LogP contribution in [0.15, 0.2) is 18.2 Å². The van der Waals surface area contributed by atoms with Gasteiger partial charge in [0.1, 0.15) is 0 Å². The number of carbonyl (C=O) groups is 2. The number of rotatable bonds is 4. The fourth-order valence-electron chi connectivity index (χ4n) is 2.77. The van der Waals surface area contributed by atoms with Crippen LogP contribution in [0, 0.1) is 12.8 Å². The molecule has 4 heteroatoms. The normalized spacial score (nSPS) is 15.1. The second-order valence-corrected chi connectivity index (χ2v) is 5.56. The highest BCUT2D eigenvalue weighted by Gasteiger charge is 2.19. The van der Waals surface area contributed by atoms with Crippen LogP contribution >= 0.6 is 0 Å². The molecule has 1 aliphatic rings. The Kier molecular flexibility index (Phi) is 4.77. The van der Waals surface area contributed by atoms with Crippen molar-refractivity contribution in [1.82, 2.24) is 0 Å². The molecule has 0 aliphatic heterocycles. The van der Waals surface area contributed by atoms with Gasteiger partial charge in [-0.1, -0.05) is 18.9 Å². The van der Waals surface area contributed by atoms with E-state index < -0.39 is 0 Å². The van der Waals surface area contributed by atoms with E-state index in [4.69, 9.17) is 0 Å². The number of carbonyl (C=O) groups excluding carboxylic acids is 2. The van der Waals surface area contributed by atoms with Crippen LogP contribution in [0.5, 0.6) is 0 Å². The van der Waals surface area contributed by atoms with Crippen LogP contribution in [0.4, 0.5) is 11.4 Å². The minimum absolute atomic E-state index is 0.0694. The molecule has 1 fully saturated rings. The molecule has 4 nitrogen and oxygen atoms in total. The van der Waals surface area contributed by atoms with Gasteiger partial charge in [-0.3, -0.25) is 9.59 Å². The third kappa shape index (κ3) is 3.83. The van der Waals surface area contributed by atoms with Gasteiger partial charge in [0.15, 0.2) is 0 Å². The van der Waals surface area contributed by atoms with Crippen molar-refractivity contribution in [3.8, 4) is 0 Å². The number of hydrogen-bond acceptors (Lipinski definition) is 2. The summed E-state index contributed by atoms with van der Waals surface area (Å²) in [5.74, 6) is 0.497. The summed E-state index contributed by atoms with van der Waals surface area (Å²) in [5.41, 5.74) is 2.41. The molecule has 2 rings (SSSR count). The van der Waals surface area contributed by atoms with E-state index in [-0.39, 0.29) is 11.8 Å². The van der Waals surface area contributed by atoms with Gasteiger partial charge < -0.3 is 10.6 Å². The predicted molar refractivity (Wildman–Crippen MR) is 80.7 cm³/mol. The van der Waals surface area contributed by atoms with Crippen molar-refractivity contribution < 1.29 is 9.59 Å². The van der Waals surface area contributed by atoms with E-state index >= 15 is 0 Å². The van der Waals surface area contributed by atoms with Crippen molar-refractivity contribution in [2.45, 2.75) is 46.0 Å². The molecule has 0 radical (unpaired) electrons. The van der Waals surface area contributed by atoms with Crippen LogP contribution < -0.4 is 10.6 Å². The molecular weight excluding hydrogens is 252 g/mol. The third-order valence-electron chi connectivity index (χ3n) is 3.87. The first-order valence-electron chi connectivity index (χ1n) is 7.23. The Morgan fingerprint density at radius 3 is 2.35 bits per heavy atom. The maximum absolute atomic E-state index is 12.1. The third-order valence-corrected chi connectivity index (χ3v) is 3.87. The summed E-state index contributed by atoms with van der Waals surface area (Å²) < 4.78 is 0. The Balaban J connectivity index is 2.01. The minimum Gasteiger partial charge on any atom is -0.326 e. The largest absolute Gasteiger partial charge is 0.326 e. The highest BCUT2D eigenvalue weighted by Crippen LogP contribution is 2.28. The van der Waals surface area contributed by atoms with Crippen molar-refractivity contribution in [3.63, 3.8) is 0 Å². The second-order valence-electron chi connectivity index (χ2n) is 5.56. The van der Waals surface area contributed by atoms with Crippen LogP contribution in [0.25, 0.3) is 0 Å². The zero-order chi connectivity index (χ0) is 14.5. The van der Waals surface area contributed by atoms with E-state index in [0.717, 1.165) is 16.9 Å². The first kappa shape index (κ1) is 14.6. The van der Waals surface area contributed by atoms with E-state index in [0.29, 0.717) is 12.3 Å². The number of amides is 2. The monoisotopic (exact) mass is 274 g/mol. The van der Waals surface area contributed by atoms with Gasteiger partial charge in [0.2, 0.25) is 11.8 Å². The molecule has 0 unspecified atom stereocenters. The Bertz CT molecular complexity index is 505. The van der Waals surface area contributed by atoms with Gasteiger partial charge in [-0.15, -0.1) is 0 Å². The van der Waals surface area contributed by atoms with Crippen LogP contribution in [-0.4, -0.2) is 11.8 Å². The van der Waals surface area contributed by atoms with Gasteiger partial charge >= 0.3 is 0 Å². The summed E-state index contributed by atoms with van der Waals surface area (Å²) >= 11 is 0. The van der Waals surface area contributed by atoms with Gasteiger partial charge in [-0.25, -0.2) is 0 Å². The highest BCUT2D eigenvalue weighted by molar-refractivity contribution is 5.95. The molecule has 20 heavy (non-hydrogen) atoms. The van der Waals surface area contributed by atoms with Crippen LogP contribution in [0.2, 0.25) is 0 Å². The molecule has 1 saturated carbocycles. The summed E-state index contributed by atoms with van der Waals surface area (Å²) in [4.78, 5) is 23.2. The summed E-state index contributed by atoms with van der Waals surface area (Å²) in [6.45, 7) is 3.38. The van der Waals surface area contributed by atoms with E-state index in [2.05, 4.69) is 10.6 Å². The molecule has 0 heterocycles. The Hall–Kier alpha value is -1.84. The van der Waals surface area contributed by atoms with Crippen LogP contribution in [-0.2, 0) is 9.59 Å². The maximum atomic E-state index is 12.1. The smallest absolute Gasteiger partial charge is 0.224 e. The van der Waals surface area contributed by atoms with E-state index in [1.165, 1.54) is 32.6 Å². The number of anilines is 2. The van der Waals surface area contributed by atoms with Crippen molar-refractivity contribution in [1.29, 1.82) is 0 Å². The van der Waals surface area contributed by atoms with Crippen molar-refractivity contribution in [2.75, 3.05) is 10.6 Å². The van der Waals surface area contributed by atoms with E-state index in [1.54, 1.807) is 0 Å². The molecule has 0 saturated heterocycles. The molecular formula is C16H22N2O2. The molecule has 1 aliphatic carbocycles. The van der Waals surface area contributed by atoms with Crippen molar-refractivity contribution in [2.24, 2.45) is 5.92 Å². The molecule has 2 amide bonds. The molecule has 108 valence electrons. The Labute approximate surface area is 119 Å². The standard InChI is InChI=1S/C16H22N2O2/c1-11-14(17-12(2)19)8-5-9-15(11)18-16(20)10-13-6-3-4-7-13/h5,8-9,13H,3-4,6-7,10H2,1-2H3,(H,17,19)(H,18,20). The average Bonchev–Trinajstić information content (AvgIpc) is 2.86. The summed E-state index contributed by atoms with van der Waals surface area (Å²) in [5, 5.41) is 5.73. The number of nitrogens with one attached hydrogen (secondary N) is 2. The lowest BCUT2D eigenvalue weighted by Gasteiger charge is -2.14. The minimum atomic E-state index is -0.109. The van der Waals surface area contributed by atoms with Crippen molar-refractivity contribution >= 4 is 23.2 Å². The summed E-state index contributed by atoms with van der Waals surface area (Å²) in [6, 6.07) is 5.54. The number of benzene rings is 1. The van der Waals surface area contributed by atoms with Gasteiger partial charge in [0.25, 0.3) is 0 Å². The number of hydrogen-bond donors (Lipinski definition) is 2. The molecule has 1 aromatic carbocycles. The van der Waals surface area contributed by atoms with Gasteiger partial charge in [0, 0.05) is 24.7 Å². The fraction of sp³-hybridized carbons (Fsp3) is 0.500. The second kappa shape index (κ2) is 6.55. The lowest BCUT2D eigenvalue weighted by molar-refractivity contribution is -0.117. The Morgan fingerprint density at radius 2 is 1.75 bits per heavy atom. The van der Waals surface area contributed by atoms with Gasteiger partial charge in [-0.2, -0.15) is 0 Å². The van der Waals surface area contributed by atoms with Crippen LogP contribution in [0.1, 0.15) is 44.6 Å². The molecule has 0 atom stereocenters. The van der Waals surface area contributed by atoms with Crippen LogP contribution in [0.3, 0.4) is 0 Å². The predicted octanol–water partition coefficient (Wildman–Crippen LogP) is 3.47. The SMILES string of the molecule is CC(=O)Nc1cccc(NC(=O)CC2CCCC2)c1C. The lowest BCUT2D eigenvalue weighted by Crippen LogP contribution is -2.16. The van der Waals surface area contributed by atoms with Crippen molar-refractivity contribution in [3.05, 3.63) is 23.8 Å². The Morgan fingerprint density at radius 1 is 1.15 bits per heavy atom.